The van der Waals surface area contributed by atoms with E-state index in [2.05, 4.69) is 10.5 Å². The average Bonchev–Trinajstić information content (AvgIpc) is 2.97. The largest absolute Gasteiger partial charge is 0.295 e. The zero-order valence-electron chi connectivity index (χ0n) is 8.98. The van der Waals surface area contributed by atoms with Crippen LogP contribution >= 0.6 is 11.3 Å². The van der Waals surface area contributed by atoms with Crippen LogP contribution < -0.4 is 5.56 Å². The Kier molecular flexibility index (Phi) is 2.44. The first-order valence-corrected chi connectivity index (χ1v) is 6.63. The third-order valence-corrected chi connectivity index (χ3v) is 3.95. The minimum Gasteiger partial charge on any atom is -0.295 e. The molecule has 2 heterocycles. The molecule has 2 aromatic rings. The van der Waals surface area contributed by atoms with Crippen LogP contribution in [0.25, 0.3) is 11.3 Å². The molecule has 1 aliphatic carbocycles. The molecule has 1 aliphatic rings. The van der Waals surface area contributed by atoms with E-state index in [4.69, 9.17) is 0 Å². The molecule has 3 rings (SSSR count). The second-order valence-corrected chi connectivity index (χ2v) is 5.11. The molecule has 1 N–H and O–H groups in total. The maximum atomic E-state index is 11.9. The quantitative estimate of drug-likeness (QED) is 0.852. The van der Waals surface area contributed by atoms with Gasteiger partial charge < -0.3 is 0 Å². The number of aromatic nitrogens is 2. The molecule has 0 aromatic carbocycles. The van der Waals surface area contributed by atoms with Crippen molar-refractivity contribution in [1.82, 2.24) is 9.78 Å². The van der Waals surface area contributed by atoms with Crippen LogP contribution in [-0.4, -0.2) is 9.78 Å². The zero-order valence-corrected chi connectivity index (χ0v) is 9.80. The fraction of sp³-hybridized carbons (Fsp3) is 0.417. The summed E-state index contributed by atoms with van der Waals surface area (Å²) in [6.07, 6.45) is 4.74. The first-order valence-electron chi connectivity index (χ1n) is 5.69. The van der Waals surface area contributed by atoms with Gasteiger partial charge in [0, 0.05) is 17.0 Å². The lowest BCUT2D eigenvalue weighted by Crippen LogP contribution is -2.19. The second kappa shape index (κ2) is 3.94. The monoisotopic (exact) mass is 234 g/mol. The Balaban J connectivity index is 1.98. The lowest BCUT2D eigenvalue weighted by molar-refractivity contribution is 0.455. The standard InChI is InChI=1S/C12H14N2OS/c15-12-7-11(9-5-6-16-8-9)13-14(12)10-3-1-2-4-10/h5-8,10,13H,1-4H2. The Morgan fingerprint density at radius 2 is 2.19 bits per heavy atom. The van der Waals surface area contributed by atoms with Gasteiger partial charge in [-0.25, -0.2) is 4.68 Å². The number of hydrogen-bond acceptors (Lipinski definition) is 2. The zero-order chi connectivity index (χ0) is 11.0. The summed E-state index contributed by atoms with van der Waals surface area (Å²) in [7, 11) is 0. The van der Waals surface area contributed by atoms with Crippen LogP contribution in [0.3, 0.4) is 0 Å². The molecular weight excluding hydrogens is 220 g/mol. The summed E-state index contributed by atoms with van der Waals surface area (Å²) in [6, 6.07) is 4.13. The van der Waals surface area contributed by atoms with E-state index in [1.807, 2.05) is 11.4 Å². The number of hydrogen-bond donors (Lipinski definition) is 1. The van der Waals surface area contributed by atoms with E-state index in [0.29, 0.717) is 6.04 Å². The molecule has 0 saturated heterocycles. The van der Waals surface area contributed by atoms with Crippen molar-refractivity contribution in [2.75, 3.05) is 0 Å². The average molecular weight is 234 g/mol. The van der Waals surface area contributed by atoms with Gasteiger partial charge in [-0.3, -0.25) is 9.89 Å². The predicted molar refractivity (Wildman–Crippen MR) is 65.9 cm³/mol. The van der Waals surface area contributed by atoms with E-state index in [-0.39, 0.29) is 5.56 Å². The Morgan fingerprint density at radius 1 is 1.38 bits per heavy atom. The molecule has 0 aliphatic heterocycles. The minimum absolute atomic E-state index is 0.105. The van der Waals surface area contributed by atoms with Crippen LogP contribution in [0.2, 0.25) is 0 Å². The number of aromatic amines is 1. The maximum Gasteiger partial charge on any atom is 0.267 e. The number of thiophene rings is 1. The van der Waals surface area contributed by atoms with Crippen LogP contribution in [0.4, 0.5) is 0 Å². The molecule has 1 saturated carbocycles. The molecule has 1 fully saturated rings. The van der Waals surface area contributed by atoms with Gasteiger partial charge in [-0.2, -0.15) is 11.3 Å². The second-order valence-electron chi connectivity index (χ2n) is 4.33. The topological polar surface area (TPSA) is 37.8 Å². The molecule has 16 heavy (non-hydrogen) atoms. The highest BCUT2D eigenvalue weighted by molar-refractivity contribution is 7.08. The van der Waals surface area contributed by atoms with Crippen LogP contribution in [0.5, 0.6) is 0 Å². The maximum absolute atomic E-state index is 11.9. The Hall–Kier alpha value is -1.29. The highest BCUT2D eigenvalue weighted by atomic mass is 32.1. The number of H-pyrrole nitrogens is 1. The predicted octanol–water partition coefficient (Wildman–Crippen LogP) is 3.02. The smallest absolute Gasteiger partial charge is 0.267 e. The molecule has 3 nitrogen and oxygen atoms in total. The summed E-state index contributed by atoms with van der Waals surface area (Å²) in [5.41, 5.74) is 2.16. The molecule has 4 heteroatoms. The van der Waals surface area contributed by atoms with E-state index in [1.165, 1.54) is 12.8 Å². The van der Waals surface area contributed by atoms with E-state index < -0.39 is 0 Å². The van der Waals surface area contributed by atoms with Crippen LogP contribution in [0.1, 0.15) is 31.7 Å². The molecule has 2 aromatic heterocycles. The molecule has 0 unspecified atom stereocenters. The fourth-order valence-electron chi connectivity index (χ4n) is 2.41. The number of nitrogens with zero attached hydrogens (tertiary/aromatic N) is 1. The van der Waals surface area contributed by atoms with Gasteiger partial charge in [0.05, 0.1) is 11.7 Å². The van der Waals surface area contributed by atoms with Crippen molar-refractivity contribution in [3.63, 3.8) is 0 Å². The van der Waals surface area contributed by atoms with Gasteiger partial charge in [-0.15, -0.1) is 0 Å². The van der Waals surface area contributed by atoms with Gasteiger partial charge in [-0.05, 0) is 24.3 Å². The summed E-state index contributed by atoms with van der Waals surface area (Å²) in [6.45, 7) is 0. The van der Waals surface area contributed by atoms with Gasteiger partial charge in [0.15, 0.2) is 0 Å². The minimum atomic E-state index is 0.105. The van der Waals surface area contributed by atoms with Gasteiger partial charge in [-0.1, -0.05) is 12.8 Å². The van der Waals surface area contributed by atoms with Crippen molar-refractivity contribution in [2.45, 2.75) is 31.7 Å². The molecule has 0 bridgehead atoms. The van der Waals surface area contributed by atoms with Crippen molar-refractivity contribution >= 4 is 11.3 Å². The summed E-state index contributed by atoms with van der Waals surface area (Å²) < 4.78 is 1.81. The van der Waals surface area contributed by atoms with Crippen LogP contribution in [-0.2, 0) is 0 Å². The van der Waals surface area contributed by atoms with Crippen LogP contribution in [0, 0.1) is 0 Å². The van der Waals surface area contributed by atoms with Crippen molar-refractivity contribution in [3.8, 4) is 11.3 Å². The normalized spacial score (nSPS) is 17.0. The highest BCUT2D eigenvalue weighted by Crippen LogP contribution is 2.28. The van der Waals surface area contributed by atoms with Gasteiger partial charge in [0.1, 0.15) is 0 Å². The van der Waals surface area contributed by atoms with E-state index in [1.54, 1.807) is 22.1 Å². The Morgan fingerprint density at radius 3 is 2.88 bits per heavy atom. The highest BCUT2D eigenvalue weighted by Gasteiger charge is 2.19. The molecule has 0 atom stereocenters. The molecule has 0 spiro atoms. The Bertz CT molecular complexity index is 517. The first-order chi connectivity index (χ1) is 7.84. The van der Waals surface area contributed by atoms with Crippen LogP contribution in [0.15, 0.2) is 27.7 Å². The fourth-order valence-corrected chi connectivity index (χ4v) is 3.07. The summed E-state index contributed by atoms with van der Waals surface area (Å²) >= 11 is 1.65. The SMILES string of the molecule is O=c1cc(-c2ccsc2)[nH]n1C1CCCC1. The Labute approximate surface area is 97.7 Å². The van der Waals surface area contributed by atoms with E-state index >= 15 is 0 Å². The van der Waals surface area contributed by atoms with Crippen molar-refractivity contribution in [3.05, 3.63) is 33.2 Å². The van der Waals surface area contributed by atoms with Gasteiger partial charge in [0.2, 0.25) is 0 Å². The number of rotatable bonds is 2. The lowest BCUT2D eigenvalue weighted by atomic mass is 10.2. The van der Waals surface area contributed by atoms with E-state index in [9.17, 15) is 4.79 Å². The molecule has 84 valence electrons. The molecular formula is C12H14N2OS. The van der Waals surface area contributed by atoms with Crippen molar-refractivity contribution < 1.29 is 0 Å². The lowest BCUT2D eigenvalue weighted by Gasteiger charge is -2.09. The summed E-state index contributed by atoms with van der Waals surface area (Å²) in [5, 5.41) is 7.32. The van der Waals surface area contributed by atoms with Gasteiger partial charge >= 0.3 is 0 Å². The third kappa shape index (κ3) is 1.63. The summed E-state index contributed by atoms with van der Waals surface area (Å²) in [4.78, 5) is 11.9. The summed E-state index contributed by atoms with van der Waals surface area (Å²) in [5.74, 6) is 0. The van der Waals surface area contributed by atoms with E-state index in [0.717, 1.165) is 24.1 Å². The third-order valence-electron chi connectivity index (χ3n) is 3.27. The van der Waals surface area contributed by atoms with Gasteiger partial charge in [0.25, 0.3) is 5.56 Å². The van der Waals surface area contributed by atoms with Crippen molar-refractivity contribution in [2.24, 2.45) is 0 Å². The molecule has 0 amide bonds. The number of nitrogens with one attached hydrogen (secondary N) is 1. The van der Waals surface area contributed by atoms with Crippen molar-refractivity contribution in [1.29, 1.82) is 0 Å². The molecule has 0 radical (unpaired) electrons. The first kappa shape index (κ1) is 9.90.